The molecule has 2 aromatic carbocycles. The predicted octanol–water partition coefficient (Wildman–Crippen LogP) is 3.95. The van der Waals surface area contributed by atoms with Crippen LogP contribution in [0.4, 0.5) is 5.69 Å². The van der Waals surface area contributed by atoms with Crippen molar-refractivity contribution in [2.24, 2.45) is 5.92 Å². The number of rotatable bonds is 6. The van der Waals surface area contributed by atoms with Crippen LogP contribution in [-0.2, 0) is 4.79 Å². The molecule has 0 radical (unpaired) electrons. The molecular weight excluding hydrogens is 438 g/mol. The average Bonchev–Trinajstić information content (AvgIpc) is 3.60. The molecule has 35 heavy (non-hydrogen) atoms. The van der Waals surface area contributed by atoms with E-state index >= 15 is 0 Å². The summed E-state index contributed by atoms with van der Waals surface area (Å²) in [7, 11) is 2.11. The van der Waals surface area contributed by atoms with Crippen molar-refractivity contribution in [2.45, 2.75) is 44.8 Å². The molecule has 1 saturated carbocycles. The van der Waals surface area contributed by atoms with E-state index in [2.05, 4.69) is 59.8 Å². The van der Waals surface area contributed by atoms with E-state index in [0.29, 0.717) is 12.1 Å². The van der Waals surface area contributed by atoms with Gasteiger partial charge in [0, 0.05) is 49.0 Å². The van der Waals surface area contributed by atoms with Gasteiger partial charge in [0.15, 0.2) is 0 Å². The first kappa shape index (κ1) is 23.6. The van der Waals surface area contributed by atoms with E-state index in [1.807, 2.05) is 47.5 Å². The second-order valence-corrected chi connectivity index (χ2v) is 10.2. The van der Waals surface area contributed by atoms with Crippen molar-refractivity contribution in [3.05, 3.63) is 77.5 Å². The number of hydrogen-bond acceptors (Lipinski definition) is 5. The largest absolute Gasteiger partial charge is 0.329 e. The SMILES string of the molecule is CC(C)N1C=CC(c2cc(NC(=O)C3CC3)ccc2C(=O)N2CCN(C)CC2c2ccccc2)N1. The van der Waals surface area contributed by atoms with Gasteiger partial charge in [-0.1, -0.05) is 30.3 Å². The van der Waals surface area contributed by atoms with Crippen molar-refractivity contribution in [3.8, 4) is 0 Å². The Morgan fingerprint density at radius 2 is 1.83 bits per heavy atom. The molecule has 5 rings (SSSR count). The molecule has 2 aromatic rings. The summed E-state index contributed by atoms with van der Waals surface area (Å²) in [5.74, 6) is 0.217. The van der Waals surface area contributed by atoms with Crippen molar-refractivity contribution >= 4 is 17.5 Å². The van der Waals surface area contributed by atoms with Crippen LogP contribution in [0.5, 0.6) is 0 Å². The first-order valence-electron chi connectivity index (χ1n) is 12.6. The molecule has 0 spiro atoms. The number of amides is 2. The van der Waals surface area contributed by atoms with Crippen LogP contribution in [0, 0.1) is 5.92 Å². The van der Waals surface area contributed by atoms with E-state index in [0.717, 1.165) is 42.7 Å². The summed E-state index contributed by atoms with van der Waals surface area (Å²) in [5.41, 5.74) is 6.94. The van der Waals surface area contributed by atoms with Crippen LogP contribution in [0.15, 0.2) is 60.8 Å². The van der Waals surface area contributed by atoms with Gasteiger partial charge in [-0.25, -0.2) is 5.43 Å². The van der Waals surface area contributed by atoms with Crippen LogP contribution in [0.25, 0.3) is 0 Å². The number of nitrogens with zero attached hydrogens (tertiary/aromatic N) is 3. The number of piperazine rings is 1. The van der Waals surface area contributed by atoms with Crippen molar-refractivity contribution in [1.29, 1.82) is 0 Å². The molecule has 2 fully saturated rings. The Kier molecular flexibility index (Phi) is 6.62. The van der Waals surface area contributed by atoms with Gasteiger partial charge in [-0.2, -0.15) is 0 Å². The highest BCUT2D eigenvalue weighted by atomic mass is 16.2. The Hall–Kier alpha value is -3.16. The maximum absolute atomic E-state index is 14.1. The van der Waals surface area contributed by atoms with Gasteiger partial charge in [-0.3, -0.25) is 9.59 Å². The van der Waals surface area contributed by atoms with Crippen molar-refractivity contribution < 1.29 is 9.59 Å². The van der Waals surface area contributed by atoms with Crippen LogP contribution in [-0.4, -0.2) is 59.3 Å². The molecule has 2 unspecified atom stereocenters. The zero-order valence-electron chi connectivity index (χ0n) is 20.8. The number of hydrazine groups is 1. The minimum absolute atomic E-state index is 0.0104. The zero-order valence-corrected chi connectivity index (χ0v) is 20.8. The maximum atomic E-state index is 14.1. The number of benzene rings is 2. The van der Waals surface area contributed by atoms with Gasteiger partial charge in [0.25, 0.3) is 5.91 Å². The fourth-order valence-corrected chi connectivity index (χ4v) is 4.88. The standard InChI is InChI=1S/C28H35N5O2/c1-19(2)33-14-13-25(30-33)24-17-22(29-27(34)21-9-10-21)11-12-23(24)28(35)32-16-15-31(3)18-26(32)20-7-5-4-6-8-20/h4-8,11-14,17,19,21,25-26,30H,9-10,15-16,18H2,1-3H3,(H,29,34). The third kappa shape index (κ3) is 5.11. The fourth-order valence-electron chi connectivity index (χ4n) is 4.88. The Balaban J connectivity index is 1.47. The van der Waals surface area contributed by atoms with Crippen LogP contribution in [0.2, 0.25) is 0 Å². The summed E-state index contributed by atoms with van der Waals surface area (Å²) in [6, 6.07) is 16.1. The lowest BCUT2D eigenvalue weighted by atomic mass is 9.96. The van der Waals surface area contributed by atoms with Crippen molar-refractivity contribution in [3.63, 3.8) is 0 Å². The molecule has 7 nitrogen and oxygen atoms in total. The molecule has 2 heterocycles. The van der Waals surface area contributed by atoms with E-state index in [-0.39, 0.29) is 35.9 Å². The number of hydrogen-bond donors (Lipinski definition) is 2. The van der Waals surface area contributed by atoms with Gasteiger partial charge >= 0.3 is 0 Å². The summed E-state index contributed by atoms with van der Waals surface area (Å²) in [6.07, 6.45) is 6.02. The molecule has 2 atom stereocenters. The number of carbonyl (C=O) groups is 2. The van der Waals surface area contributed by atoms with Gasteiger partial charge in [0.2, 0.25) is 5.91 Å². The van der Waals surface area contributed by atoms with Crippen molar-refractivity contribution in [2.75, 3.05) is 32.0 Å². The topological polar surface area (TPSA) is 67.9 Å². The predicted molar refractivity (Wildman–Crippen MR) is 138 cm³/mol. The fraction of sp³-hybridized carbons (Fsp3) is 0.429. The first-order chi connectivity index (χ1) is 16.9. The highest BCUT2D eigenvalue weighted by molar-refractivity contribution is 5.98. The van der Waals surface area contributed by atoms with Gasteiger partial charge < -0.3 is 20.1 Å². The summed E-state index contributed by atoms with van der Waals surface area (Å²) in [5, 5.41) is 5.10. The lowest BCUT2D eigenvalue weighted by molar-refractivity contribution is -0.117. The highest BCUT2D eigenvalue weighted by Crippen LogP contribution is 2.34. The Morgan fingerprint density at radius 3 is 2.51 bits per heavy atom. The normalized spacial score (nSPS) is 22.6. The Bertz CT molecular complexity index is 1110. The minimum atomic E-state index is -0.142. The molecule has 2 aliphatic heterocycles. The number of anilines is 1. The molecule has 2 N–H and O–H groups in total. The molecule has 0 bridgehead atoms. The zero-order chi connectivity index (χ0) is 24.5. The lowest BCUT2D eigenvalue weighted by Gasteiger charge is -2.40. The van der Waals surface area contributed by atoms with E-state index in [9.17, 15) is 9.59 Å². The maximum Gasteiger partial charge on any atom is 0.254 e. The molecular formula is C28H35N5O2. The van der Waals surface area contributed by atoms with E-state index in [1.54, 1.807) is 0 Å². The summed E-state index contributed by atoms with van der Waals surface area (Å²) >= 11 is 0. The van der Waals surface area contributed by atoms with Crippen LogP contribution < -0.4 is 10.7 Å². The molecule has 1 aliphatic carbocycles. The van der Waals surface area contributed by atoms with Gasteiger partial charge in [-0.05, 0) is 69.1 Å². The Labute approximate surface area is 207 Å². The second-order valence-electron chi connectivity index (χ2n) is 10.2. The summed E-state index contributed by atoms with van der Waals surface area (Å²) < 4.78 is 0. The lowest BCUT2D eigenvalue weighted by Crippen LogP contribution is -2.49. The summed E-state index contributed by atoms with van der Waals surface area (Å²) in [4.78, 5) is 30.8. The van der Waals surface area contributed by atoms with Gasteiger partial charge in [-0.15, -0.1) is 0 Å². The summed E-state index contributed by atoms with van der Waals surface area (Å²) in [6.45, 7) is 6.53. The number of likely N-dealkylation sites (N-methyl/N-ethyl adjacent to an activating group) is 1. The molecule has 1 saturated heterocycles. The molecule has 3 aliphatic rings. The molecule has 184 valence electrons. The third-order valence-corrected chi connectivity index (χ3v) is 7.14. The van der Waals surface area contributed by atoms with E-state index < -0.39 is 0 Å². The Morgan fingerprint density at radius 1 is 1.06 bits per heavy atom. The van der Waals surface area contributed by atoms with Crippen LogP contribution >= 0.6 is 0 Å². The average molecular weight is 474 g/mol. The monoisotopic (exact) mass is 473 g/mol. The smallest absolute Gasteiger partial charge is 0.254 e. The van der Waals surface area contributed by atoms with E-state index in [4.69, 9.17) is 0 Å². The third-order valence-electron chi connectivity index (χ3n) is 7.14. The van der Waals surface area contributed by atoms with E-state index in [1.165, 1.54) is 0 Å². The number of carbonyl (C=O) groups excluding carboxylic acids is 2. The first-order valence-corrected chi connectivity index (χ1v) is 12.6. The molecule has 0 aromatic heterocycles. The highest BCUT2D eigenvalue weighted by Gasteiger charge is 2.34. The molecule has 2 amide bonds. The van der Waals surface area contributed by atoms with Crippen molar-refractivity contribution in [1.82, 2.24) is 20.2 Å². The van der Waals surface area contributed by atoms with Gasteiger partial charge in [0.05, 0.1) is 12.1 Å². The minimum Gasteiger partial charge on any atom is -0.329 e. The van der Waals surface area contributed by atoms with Gasteiger partial charge in [0.1, 0.15) is 0 Å². The van der Waals surface area contributed by atoms with Crippen LogP contribution in [0.3, 0.4) is 0 Å². The van der Waals surface area contributed by atoms with Crippen LogP contribution in [0.1, 0.15) is 60.3 Å². The number of nitrogens with one attached hydrogen (secondary N) is 2. The quantitative estimate of drug-likeness (QED) is 0.665. The molecule has 7 heteroatoms. The second kappa shape index (κ2) is 9.84.